The SMILES string of the molecule is Cc1c(C)[n+](C(C)C)c([Se]c2n(C(C)C)c(C)c(C)[n+]2C(C)C)n1C(C)C.O=S(=O)([O-])C(F)(F)F.O=S(=O)([O-])C(F)(F)F. The molecule has 0 atom stereocenters. The number of rotatable bonds is 6. The molecule has 0 saturated heterocycles. The van der Waals surface area contributed by atoms with E-state index in [-0.39, 0.29) is 15.0 Å². The van der Waals surface area contributed by atoms with Crippen LogP contribution in [0.5, 0.6) is 0 Å². The number of alkyl halides is 6. The molecule has 0 aliphatic carbocycles. The van der Waals surface area contributed by atoms with Gasteiger partial charge in [-0.15, -0.1) is 0 Å². The Kier molecular flexibility index (Phi) is 14.1. The summed E-state index contributed by atoms with van der Waals surface area (Å²) in [4.78, 5) is 0. The maximum absolute atomic E-state index is 10.7. The van der Waals surface area contributed by atoms with Gasteiger partial charge in [0, 0.05) is 0 Å². The van der Waals surface area contributed by atoms with E-state index in [1.54, 1.807) is 0 Å². The summed E-state index contributed by atoms with van der Waals surface area (Å²) in [5.74, 6) is 0. The second-order valence-electron chi connectivity index (χ2n) is 10.7. The first-order chi connectivity index (χ1) is 18.9. The van der Waals surface area contributed by atoms with E-state index in [1.807, 2.05) is 0 Å². The average Bonchev–Trinajstić information content (AvgIpc) is 3.15. The monoisotopic (exact) mass is 738 g/mol. The molecule has 0 fully saturated rings. The molecule has 0 spiro atoms. The molecule has 0 saturated carbocycles. The molecule has 2 aromatic rings. The molecule has 43 heavy (non-hydrogen) atoms. The largest absolute Gasteiger partial charge is 0.741 e. The summed E-state index contributed by atoms with van der Waals surface area (Å²) < 4.78 is 131. The molecule has 0 aliphatic heterocycles. The van der Waals surface area contributed by atoms with Crippen molar-refractivity contribution in [3.05, 3.63) is 22.8 Å². The van der Waals surface area contributed by atoms with Gasteiger partial charge in [0.05, 0.1) is 0 Å². The normalized spacial score (nSPS) is 13.0. The summed E-state index contributed by atoms with van der Waals surface area (Å²) in [6.45, 7) is 27.6. The Bertz CT molecular complexity index is 1300. The van der Waals surface area contributed by atoms with Crippen molar-refractivity contribution in [2.24, 2.45) is 0 Å². The number of aromatic nitrogens is 4. The number of hydrogen-bond acceptors (Lipinski definition) is 6. The number of halogens is 6. The van der Waals surface area contributed by atoms with Gasteiger partial charge in [0.15, 0.2) is 20.2 Å². The summed E-state index contributed by atoms with van der Waals surface area (Å²) in [7, 11) is -12.2. The van der Waals surface area contributed by atoms with Crippen molar-refractivity contribution in [1.82, 2.24) is 9.13 Å². The Hall–Kier alpha value is -1.66. The molecule has 0 aliphatic rings. The van der Waals surface area contributed by atoms with Gasteiger partial charge in [-0.25, -0.2) is 16.8 Å². The van der Waals surface area contributed by atoms with Gasteiger partial charge < -0.3 is 9.11 Å². The minimum absolute atomic E-state index is 0.223. The fourth-order valence-corrected chi connectivity index (χ4v) is 8.30. The maximum atomic E-state index is 10.7. The van der Waals surface area contributed by atoms with Crippen molar-refractivity contribution in [2.75, 3.05) is 0 Å². The number of hydrogen-bond donors (Lipinski definition) is 0. The average molecular weight is 738 g/mol. The zero-order chi connectivity index (χ0) is 34.8. The van der Waals surface area contributed by atoms with Crippen LogP contribution in [0.4, 0.5) is 26.3 Å². The van der Waals surface area contributed by atoms with Crippen LogP contribution in [0.1, 0.15) is 102 Å². The quantitative estimate of drug-likeness (QED) is 0.147. The number of nitrogens with zero attached hydrogens (tertiary/aromatic N) is 4. The van der Waals surface area contributed by atoms with Gasteiger partial charge in [0.25, 0.3) is 0 Å². The summed E-state index contributed by atoms with van der Waals surface area (Å²) in [6, 6.07) is 1.88. The fourth-order valence-electron chi connectivity index (χ4n) is 4.21. The van der Waals surface area contributed by atoms with Crippen LogP contribution in [0.25, 0.3) is 0 Å². The molecule has 0 aromatic carbocycles. The van der Waals surface area contributed by atoms with Crippen molar-refractivity contribution in [3.63, 3.8) is 0 Å². The predicted molar refractivity (Wildman–Crippen MR) is 146 cm³/mol. The first-order valence-corrected chi connectivity index (χ1v) is 17.4. The van der Waals surface area contributed by atoms with Crippen molar-refractivity contribution in [1.29, 1.82) is 0 Å². The van der Waals surface area contributed by atoms with E-state index >= 15 is 0 Å². The summed E-state index contributed by atoms with van der Waals surface area (Å²) >= 11 is 0.223. The third-order valence-electron chi connectivity index (χ3n) is 6.13. The molecule has 2 aromatic heterocycles. The van der Waals surface area contributed by atoms with Crippen LogP contribution < -0.4 is 18.6 Å². The molecule has 0 bridgehead atoms. The third-order valence-corrected chi connectivity index (χ3v) is 9.68. The van der Waals surface area contributed by atoms with Crippen molar-refractivity contribution >= 4 is 44.6 Å². The van der Waals surface area contributed by atoms with E-state index in [0.717, 1.165) is 0 Å². The molecule has 0 radical (unpaired) electrons. The summed E-state index contributed by atoms with van der Waals surface area (Å²) in [6.07, 6.45) is 0. The molecular formula is C24H40F6N4O6S2Se. The standard InChI is InChI=1S/C22H40N4Se.2CHF3O3S/c1-13(2)23-17(9)18(10)24(14(3)4)21(23)27-22-25(15(5)6)19(11)20(12)26(22)16(7)8;2*2-1(3,4)8(5,6)7/h13-16H,1-12H3;2*(H,5,6,7)/q+2;;/p-2. The molecule has 252 valence electrons. The molecule has 10 nitrogen and oxygen atoms in total. The van der Waals surface area contributed by atoms with Crippen molar-refractivity contribution < 1.29 is 61.4 Å². The molecule has 19 heteroatoms. The van der Waals surface area contributed by atoms with Crippen LogP contribution in [0, 0.1) is 27.7 Å². The van der Waals surface area contributed by atoms with Crippen molar-refractivity contribution in [2.45, 2.75) is 118 Å². The zero-order valence-corrected chi connectivity index (χ0v) is 29.4. The van der Waals surface area contributed by atoms with E-state index in [2.05, 4.69) is 101 Å². The minimum atomic E-state index is -6.09. The second kappa shape index (κ2) is 14.6. The van der Waals surface area contributed by atoms with E-state index in [9.17, 15) is 26.3 Å². The summed E-state index contributed by atoms with van der Waals surface area (Å²) in [5, 5.41) is 0. The molecular weight excluding hydrogens is 697 g/mol. The van der Waals surface area contributed by atoms with Crippen LogP contribution >= 0.6 is 0 Å². The minimum Gasteiger partial charge on any atom is -0.741 e. The second-order valence-corrected chi connectivity index (χ2v) is 15.4. The molecule has 0 unspecified atom stereocenters. The number of imidazole rings is 2. The topological polar surface area (TPSA) is 132 Å². The van der Waals surface area contributed by atoms with Gasteiger partial charge in [-0.2, -0.15) is 26.3 Å². The van der Waals surface area contributed by atoms with Gasteiger partial charge in [0.2, 0.25) is 0 Å². The van der Waals surface area contributed by atoms with Crippen LogP contribution in [0.3, 0.4) is 0 Å². The first-order valence-electron chi connectivity index (χ1n) is 12.9. The third kappa shape index (κ3) is 10.2. The summed E-state index contributed by atoms with van der Waals surface area (Å²) in [5.41, 5.74) is -5.67. The van der Waals surface area contributed by atoms with Crippen LogP contribution in [-0.4, -0.2) is 61.0 Å². The van der Waals surface area contributed by atoms with E-state index in [1.165, 1.54) is 32.2 Å². The van der Waals surface area contributed by atoms with Gasteiger partial charge in [-0.05, 0) is 0 Å². The molecule has 2 rings (SSSR count). The van der Waals surface area contributed by atoms with Crippen molar-refractivity contribution in [3.8, 4) is 0 Å². The first kappa shape index (κ1) is 41.3. The fraction of sp³-hybridized carbons (Fsp3) is 0.750. The van der Waals surface area contributed by atoms with Crippen LogP contribution in [-0.2, 0) is 20.2 Å². The Morgan fingerprint density at radius 3 is 0.953 bits per heavy atom. The van der Waals surface area contributed by atoms with Crippen LogP contribution in [0.15, 0.2) is 0 Å². The van der Waals surface area contributed by atoms with E-state index in [0.29, 0.717) is 24.2 Å². The van der Waals surface area contributed by atoms with Gasteiger partial charge in [-0.3, -0.25) is 0 Å². The van der Waals surface area contributed by atoms with Gasteiger partial charge in [0.1, 0.15) is 0 Å². The molecule has 0 amide bonds. The Labute approximate surface area is 255 Å². The van der Waals surface area contributed by atoms with Gasteiger partial charge in [-0.1, -0.05) is 0 Å². The smallest absolute Gasteiger partial charge is 0.485 e. The maximum Gasteiger partial charge on any atom is 0.485 e. The van der Waals surface area contributed by atoms with Crippen LogP contribution in [0.2, 0.25) is 0 Å². The molecule has 0 N–H and O–H groups in total. The Balaban J connectivity index is 0.000000903. The molecule has 2 heterocycles. The van der Waals surface area contributed by atoms with Gasteiger partial charge >= 0.3 is 184 Å². The zero-order valence-electron chi connectivity index (χ0n) is 26.0. The Morgan fingerprint density at radius 2 is 0.814 bits per heavy atom. The van der Waals surface area contributed by atoms with E-state index < -0.39 is 31.3 Å². The Morgan fingerprint density at radius 1 is 0.605 bits per heavy atom. The van der Waals surface area contributed by atoms with E-state index in [4.69, 9.17) is 25.9 Å². The predicted octanol–water partition coefficient (Wildman–Crippen LogP) is 3.18.